The summed E-state index contributed by atoms with van der Waals surface area (Å²) < 4.78 is 17.1. The van der Waals surface area contributed by atoms with Gasteiger partial charge >= 0.3 is 5.97 Å². The number of hydroxylamine groups is 3. The zero-order valence-electron chi connectivity index (χ0n) is 15.0. The lowest BCUT2D eigenvalue weighted by atomic mass is 10.2. The van der Waals surface area contributed by atoms with Gasteiger partial charge in [0.2, 0.25) is 0 Å². The van der Waals surface area contributed by atoms with Crippen molar-refractivity contribution < 1.29 is 23.7 Å². The van der Waals surface area contributed by atoms with Gasteiger partial charge in [0.15, 0.2) is 0 Å². The molecule has 1 atom stereocenters. The van der Waals surface area contributed by atoms with Crippen LogP contribution in [0.3, 0.4) is 0 Å². The summed E-state index contributed by atoms with van der Waals surface area (Å²) in [5.41, 5.74) is 1.12. The van der Waals surface area contributed by atoms with Crippen LogP contribution in [0.1, 0.15) is 11.1 Å². The number of quaternary nitrogens is 1. The van der Waals surface area contributed by atoms with Crippen molar-refractivity contribution in [1.29, 1.82) is 0 Å². The number of carbonyl (C=O) groups is 1. The second-order valence-corrected chi connectivity index (χ2v) is 6.95. The molecule has 0 fully saturated rings. The highest BCUT2D eigenvalue weighted by Crippen LogP contribution is 2.27. The summed E-state index contributed by atoms with van der Waals surface area (Å²) in [6, 6.07) is 10.5. The van der Waals surface area contributed by atoms with Crippen molar-refractivity contribution in [3.8, 4) is 0 Å². The molecule has 0 saturated carbocycles. The molecule has 0 aliphatic carbocycles. The van der Waals surface area contributed by atoms with Crippen LogP contribution in [0.4, 0.5) is 4.39 Å². The molecule has 0 aliphatic rings. The Labute approximate surface area is 172 Å². The van der Waals surface area contributed by atoms with Crippen molar-refractivity contribution in [2.75, 3.05) is 26.3 Å². The lowest BCUT2D eigenvalue weighted by molar-refractivity contribution is -0.894. The molecule has 0 bridgehead atoms. The Morgan fingerprint density at radius 3 is 2.39 bits per heavy atom. The molecule has 2 rings (SSSR count). The molecule has 2 aromatic rings. The topological polar surface area (TPSA) is 69.6 Å². The monoisotopic (exact) mass is 427 g/mol. The Balaban J connectivity index is 1.93. The van der Waals surface area contributed by atoms with Crippen LogP contribution in [0.15, 0.2) is 48.5 Å². The largest absolute Gasteiger partial charge is 0.632 e. The number of halogens is 3. The van der Waals surface area contributed by atoms with E-state index >= 15 is 0 Å². The van der Waals surface area contributed by atoms with E-state index in [1.165, 1.54) is 36.4 Å². The van der Waals surface area contributed by atoms with E-state index in [0.717, 1.165) is 0 Å². The molecule has 0 unspecified atom stereocenters. The minimum absolute atomic E-state index is 0.0535. The van der Waals surface area contributed by atoms with Crippen molar-refractivity contribution in [3.05, 3.63) is 80.7 Å². The normalized spacial score (nSPS) is 13.5. The molecular weight excluding hydrogens is 408 g/mol. The molecule has 0 aliphatic heterocycles. The van der Waals surface area contributed by atoms with Gasteiger partial charge in [0.25, 0.3) is 0 Å². The average Bonchev–Trinajstić information content (AvgIpc) is 2.65. The molecule has 5 nitrogen and oxygen atoms in total. The zero-order valence-corrected chi connectivity index (χ0v) is 16.5. The Morgan fingerprint density at radius 1 is 1.14 bits per heavy atom. The van der Waals surface area contributed by atoms with Gasteiger partial charge in [0.05, 0.1) is 16.7 Å². The molecule has 8 heteroatoms. The van der Waals surface area contributed by atoms with Crippen LogP contribution < -0.4 is 0 Å². The summed E-state index contributed by atoms with van der Waals surface area (Å²) in [4.78, 5) is 11.8. The Kier molecular flexibility index (Phi) is 8.41. The SMILES string of the molecule is O=C(/C=C/c1ccc(F)cc1)OCC[N@@+]([O-])(CCO)Cc1c(Cl)cccc1Cl. The minimum atomic E-state index is -0.838. The van der Waals surface area contributed by atoms with Crippen molar-refractivity contribution in [1.82, 2.24) is 0 Å². The van der Waals surface area contributed by atoms with Crippen molar-refractivity contribution >= 4 is 35.2 Å². The Bertz CT molecular complexity index is 809. The molecule has 1 N–H and O–H groups in total. The van der Waals surface area contributed by atoms with Crippen LogP contribution in [-0.4, -0.2) is 42.0 Å². The van der Waals surface area contributed by atoms with Gasteiger partial charge < -0.3 is 19.7 Å². The molecule has 0 aromatic heterocycles. The summed E-state index contributed by atoms with van der Waals surface area (Å²) in [6.45, 7) is -0.688. The number of nitrogens with zero attached hydrogens (tertiary/aromatic N) is 1. The highest BCUT2D eigenvalue weighted by Gasteiger charge is 2.21. The van der Waals surface area contributed by atoms with Gasteiger partial charge in [0.1, 0.15) is 32.1 Å². The molecule has 0 amide bonds. The van der Waals surface area contributed by atoms with E-state index in [9.17, 15) is 19.5 Å². The van der Waals surface area contributed by atoms with Crippen molar-refractivity contribution in [3.63, 3.8) is 0 Å². The van der Waals surface area contributed by atoms with Crippen LogP contribution in [0.2, 0.25) is 10.0 Å². The standard InChI is InChI=1S/C20H20Cl2FNO4/c21-18-2-1-3-19(22)17(18)14-24(27,10-12-25)11-13-28-20(26)9-6-15-4-7-16(23)8-5-15/h1-9,25H,10-14H2/b9-6+/t24-/m0/s1. The van der Waals surface area contributed by atoms with Gasteiger partial charge in [-0.15, -0.1) is 0 Å². The number of benzene rings is 2. The first-order valence-corrected chi connectivity index (χ1v) is 9.30. The fourth-order valence-electron chi connectivity index (χ4n) is 2.52. The second-order valence-electron chi connectivity index (χ2n) is 6.14. The van der Waals surface area contributed by atoms with Crippen molar-refractivity contribution in [2.45, 2.75) is 6.54 Å². The first kappa shape index (κ1) is 22.3. The highest BCUT2D eigenvalue weighted by atomic mass is 35.5. The molecule has 0 heterocycles. The summed E-state index contributed by atoms with van der Waals surface area (Å²) in [6.07, 6.45) is 2.68. The van der Waals surface area contributed by atoms with Crippen molar-refractivity contribution in [2.24, 2.45) is 0 Å². The highest BCUT2D eigenvalue weighted by molar-refractivity contribution is 6.35. The van der Waals surface area contributed by atoms with Gasteiger partial charge in [-0.05, 0) is 35.9 Å². The third kappa shape index (κ3) is 6.89. The Hall–Kier alpha value is -1.96. The summed E-state index contributed by atoms with van der Waals surface area (Å²) in [5.74, 6) is -0.998. The number of hydrogen-bond donors (Lipinski definition) is 1. The van der Waals surface area contributed by atoms with E-state index in [0.29, 0.717) is 21.2 Å². The van der Waals surface area contributed by atoms with Gasteiger partial charge in [-0.2, -0.15) is 0 Å². The van der Waals surface area contributed by atoms with E-state index in [4.69, 9.17) is 27.9 Å². The predicted octanol–water partition coefficient (Wildman–Crippen LogP) is 4.20. The summed E-state index contributed by atoms with van der Waals surface area (Å²) in [7, 11) is 0. The second kappa shape index (κ2) is 10.5. The van der Waals surface area contributed by atoms with E-state index < -0.39 is 10.6 Å². The maximum absolute atomic E-state index is 13.0. The summed E-state index contributed by atoms with van der Waals surface area (Å²) in [5, 5.41) is 22.9. The number of ether oxygens (including phenoxy) is 1. The number of rotatable bonds is 9. The number of carbonyl (C=O) groups excluding carboxylic acids is 1. The number of esters is 1. The van der Waals surface area contributed by atoms with Gasteiger partial charge in [-0.1, -0.05) is 41.4 Å². The smallest absolute Gasteiger partial charge is 0.330 e. The van der Waals surface area contributed by atoms with E-state index in [-0.39, 0.29) is 38.7 Å². The number of aliphatic hydroxyl groups is 1. The Morgan fingerprint density at radius 2 is 1.79 bits per heavy atom. The third-order valence-electron chi connectivity index (χ3n) is 4.04. The predicted molar refractivity (Wildman–Crippen MR) is 107 cm³/mol. The molecule has 0 radical (unpaired) electrons. The molecule has 150 valence electrons. The van der Waals surface area contributed by atoms with E-state index in [1.54, 1.807) is 18.2 Å². The van der Waals surface area contributed by atoms with E-state index in [1.807, 2.05) is 0 Å². The lowest BCUT2D eigenvalue weighted by Gasteiger charge is -2.42. The van der Waals surface area contributed by atoms with Crippen LogP contribution in [0, 0.1) is 11.0 Å². The van der Waals surface area contributed by atoms with Gasteiger partial charge in [-0.3, -0.25) is 0 Å². The minimum Gasteiger partial charge on any atom is -0.632 e. The fraction of sp³-hybridized carbons (Fsp3) is 0.250. The van der Waals surface area contributed by atoms with Crippen LogP contribution in [0.25, 0.3) is 6.08 Å². The maximum atomic E-state index is 13.0. The molecule has 0 saturated heterocycles. The molecule has 0 spiro atoms. The first-order valence-electron chi connectivity index (χ1n) is 8.54. The number of aliphatic hydroxyl groups excluding tert-OH is 1. The number of hydrogen-bond acceptors (Lipinski definition) is 4. The lowest BCUT2D eigenvalue weighted by Crippen LogP contribution is -2.46. The van der Waals surface area contributed by atoms with Gasteiger partial charge in [-0.25, -0.2) is 9.18 Å². The maximum Gasteiger partial charge on any atom is 0.330 e. The zero-order chi connectivity index (χ0) is 20.6. The molecular formula is C20H20Cl2FNO4. The van der Waals surface area contributed by atoms with Crippen LogP contribution >= 0.6 is 23.2 Å². The first-order chi connectivity index (χ1) is 13.3. The fourth-order valence-corrected chi connectivity index (χ4v) is 3.04. The van der Waals surface area contributed by atoms with Crippen LogP contribution in [0.5, 0.6) is 0 Å². The average molecular weight is 428 g/mol. The quantitative estimate of drug-likeness (QED) is 0.281. The summed E-state index contributed by atoms with van der Waals surface area (Å²) >= 11 is 12.2. The molecule has 28 heavy (non-hydrogen) atoms. The van der Waals surface area contributed by atoms with E-state index in [2.05, 4.69) is 0 Å². The third-order valence-corrected chi connectivity index (χ3v) is 4.75. The molecule has 2 aromatic carbocycles. The van der Waals surface area contributed by atoms with Crippen LogP contribution in [-0.2, 0) is 16.1 Å². The van der Waals surface area contributed by atoms with Gasteiger partial charge in [0, 0.05) is 11.6 Å².